The molecular formula is C16H16FN3O. The normalized spacial score (nSPS) is 17.8. The van der Waals surface area contributed by atoms with Gasteiger partial charge in [0.05, 0.1) is 11.7 Å². The number of benzene rings is 1. The molecule has 0 bridgehead atoms. The zero-order valence-electron chi connectivity index (χ0n) is 11.5. The molecule has 1 aromatic heterocycles. The molecule has 4 nitrogen and oxygen atoms in total. The van der Waals surface area contributed by atoms with Gasteiger partial charge >= 0.3 is 6.03 Å². The minimum absolute atomic E-state index is 0.00507. The highest BCUT2D eigenvalue weighted by Gasteiger charge is 2.30. The maximum atomic E-state index is 13.6. The molecule has 1 aliphatic rings. The van der Waals surface area contributed by atoms with Gasteiger partial charge in [-0.05, 0) is 36.6 Å². The van der Waals surface area contributed by atoms with E-state index in [0.717, 1.165) is 18.4 Å². The monoisotopic (exact) mass is 285 g/mol. The maximum Gasteiger partial charge on any atom is 0.322 e. The Morgan fingerprint density at radius 2 is 2.14 bits per heavy atom. The van der Waals surface area contributed by atoms with E-state index < -0.39 is 5.82 Å². The number of nitrogens with zero attached hydrogens (tertiary/aromatic N) is 2. The van der Waals surface area contributed by atoms with Gasteiger partial charge in [0.25, 0.3) is 0 Å². The average Bonchev–Trinajstić information content (AvgIpc) is 3.00. The second kappa shape index (κ2) is 5.91. The third-order valence-corrected chi connectivity index (χ3v) is 3.70. The Morgan fingerprint density at radius 3 is 2.90 bits per heavy atom. The Balaban J connectivity index is 1.76. The van der Waals surface area contributed by atoms with Crippen molar-refractivity contribution in [3.63, 3.8) is 0 Å². The van der Waals surface area contributed by atoms with E-state index >= 15 is 0 Å². The molecule has 5 heteroatoms. The Labute approximate surface area is 122 Å². The molecule has 1 aliphatic heterocycles. The van der Waals surface area contributed by atoms with Crippen molar-refractivity contribution in [3.8, 4) is 0 Å². The highest BCUT2D eigenvalue weighted by atomic mass is 19.1. The molecule has 108 valence electrons. The first-order valence-corrected chi connectivity index (χ1v) is 6.98. The molecule has 1 aromatic carbocycles. The number of aromatic nitrogens is 1. The molecule has 3 rings (SSSR count). The number of amides is 2. The van der Waals surface area contributed by atoms with Gasteiger partial charge < -0.3 is 10.2 Å². The van der Waals surface area contributed by atoms with Gasteiger partial charge in [-0.3, -0.25) is 4.98 Å². The number of anilines is 1. The number of pyridine rings is 1. The largest absolute Gasteiger partial charge is 0.322 e. The van der Waals surface area contributed by atoms with Crippen molar-refractivity contribution >= 4 is 11.7 Å². The lowest BCUT2D eigenvalue weighted by atomic mass is 10.1. The molecule has 21 heavy (non-hydrogen) atoms. The van der Waals surface area contributed by atoms with Gasteiger partial charge in [-0.1, -0.05) is 18.2 Å². The Kier molecular flexibility index (Phi) is 3.81. The van der Waals surface area contributed by atoms with Crippen LogP contribution in [0.4, 0.5) is 14.9 Å². The number of nitrogens with one attached hydrogen (secondary N) is 1. The van der Waals surface area contributed by atoms with E-state index in [1.165, 1.54) is 6.07 Å². The van der Waals surface area contributed by atoms with E-state index in [9.17, 15) is 9.18 Å². The number of hydrogen-bond donors (Lipinski definition) is 1. The van der Waals surface area contributed by atoms with E-state index in [2.05, 4.69) is 10.3 Å². The third-order valence-electron chi connectivity index (χ3n) is 3.70. The Morgan fingerprint density at radius 1 is 1.29 bits per heavy atom. The van der Waals surface area contributed by atoms with E-state index in [1.54, 1.807) is 35.5 Å². The number of para-hydroxylation sites is 1. The minimum Gasteiger partial charge on any atom is -0.317 e. The molecule has 1 atom stereocenters. The molecule has 1 saturated heterocycles. The molecule has 0 saturated carbocycles. The lowest BCUT2D eigenvalue weighted by molar-refractivity contribution is 0.207. The molecule has 0 radical (unpaired) electrons. The van der Waals surface area contributed by atoms with Gasteiger partial charge in [-0.2, -0.15) is 0 Å². The second-order valence-electron chi connectivity index (χ2n) is 5.05. The smallest absolute Gasteiger partial charge is 0.317 e. The van der Waals surface area contributed by atoms with E-state index in [-0.39, 0.29) is 17.8 Å². The standard InChI is InChI=1S/C16H16FN3O/c17-13-6-1-2-7-14(13)19-16(21)20-10-4-8-15(20)12-5-3-9-18-11-12/h1-3,5-7,9,11,15H,4,8,10H2,(H,19,21)/t15-/m1/s1. The SMILES string of the molecule is O=C(Nc1ccccc1F)N1CCC[C@@H]1c1cccnc1. The topological polar surface area (TPSA) is 45.2 Å². The first-order chi connectivity index (χ1) is 10.3. The summed E-state index contributed by atoms with van der Waals surface area (Å²) in [7, 11) is 0. The van der Waals surface area contributed by atoms with Crippen LogP contribution in [0.15, 0.2) is 48.8 Å². The quantitative estimate of drug-likeness (QED) is 0.916. The fourth-order valence-corrected chi connectivity index (χ4v) is 2.68. The van der Waals surface area contributed by atoms with Gasteiger partial charge in [-0.25, -0.2) is 9.18 Å². The van der Waals surface area contributed by atoms with Crippen LogP contribution in [-0.2, 0) is 0 Å². The first kappa shape index (κ1) is 13.5. The molecule has 1 N–H and O–H groups in total. The molecule has 2 heterocycles. The Bertz CT molecular complexity index is 632. The number of halogens is 1. The van der Waals surface area contributed by atoms with Crippen molar-refractivity contribution < 1.29 is 9.18 Å². The molecule has 0 spiro atoms. The number of rotatable bonds is 2. The van der Waals surface area contributed by atoms with Crippen molar-refractivity contribution in [2.24, 2.45) is 0 Å². The van der Waals surface area contributed by atoms with Crippen LogP contribution in [0.25, 0.3) is 0 Å². The van der Waals surface area contributed by atoms with Crippen LogP contribution >= 0.6 is 0 Å². The summed E-state index contributed by atoms with van der Waals surface area (Å²) >= 11 is 0. The van der Waals surface area contributed by atoms with Crippen LogP contribution < -0.4 is 5.32 Å². The van der Waals surface area contributed by atoms with Crippen LogP contribution in [0.2, 0.25) is 0 Å². The van der Waals surface area contributed by atoms with Crippen molar-refractivity contribution in [1.82, 2.24) is 9.88 Å². The predicted octanol–water partition coefficient (Wildman–Crippen LogP) is 3.59. The summed E-state index contributed by atoms with van der Waals surface area (Å²) < 4.78 is 13.6. The molecular weight excluding hydrogens is 269 g/mol. The molecule has 0 unspecified atom stereocenters. The predicted molar refractivity (Wildman–Crippen MR) is 78.3 cm³/mol. The number of urea groups is 1. The maximum absolute atomic E-state index is 13.6. The lowest BCUT2D eigenvalue weighted by Crippen LogP contribution is -2.34. The zero-order valence-corrected chi connectivity index (χ0v) is 11.5. The van der Waals surface area contributed by atoms with E-state index in [4.69, 9.17) is 0 Å². The Hall–Kier alpha value is -2.43. The van der Waals surface area contributed by atoms with Gasteiger partial charge in [-0.15, -0.1) is 0 Å². The lowest BCUT2D eigenvalue weighted by Gasteiger charge is -2.25. The van der Waals surface area contributed by atoms with Gasteiger partial charge in [0.2, 0.25) is 0 Å². The van der Waals surface area contributed by atoms with Gasteiger partial charge in [0.15, 0.2) is 0 Å². The number of carbonyl (C=O) groups is 1. The van der Waals surface area contributed by atoms with Crippen molar-refractivity contribution in [2.75, 3.05) is 11.9 Å². The summed E-state index contributed by atoms with van der Waals surface area (Å²) in [6, 6.07) is 9.74. The highest BCUT2D eigenvalue weighted by molar-refractivity contribution is 5.89. The fraction of sp³-hybridized carbons (Fsp3) is 0.250. The van der Waals surface area contributed by atoms with Crippen molar-refractivity contribution in [1.29, 1.82) is 0 Å². The minimum atomic E-state index is -0.428. The van der Waals surface area contributed by atoms with Crippen LogP contribution in [-0.4, -0.2) is 22.5 Å². The fourth-order valence-electron chi connectivity index (χ4n) is 2.68. The second-order valence-corrected chi connectivity index (χ2v) is 5.05. The number of likely N-dealkylation sites (tertiary alicyclic amines) is 1. The number of carbonyl (C=O) groups excluding carboxylic acids is 1. The summed E-state index contributed by atoms with van der Waals surface area (Å²) in [5, 5.41) is 2.64. The van der Waals surface area contributed by atoms with Crippen molar-refractivity contribution in [2.45, 2.75) is 18.9 Å². The van der Waals surface area contributed by atoms with Gasteiger partial charge in [0.1, 0.15) is 5.82 Å². The van der Waals surface area contributed by atoms with Crippen LogP contribution in [0.1, 0.15) is 24.4 Å². The molecule has 0 aliphatic carbocycles. The third kappa shape index (κ3) is 2.86. The van der Waals surface area contributed by atoms with E-state index in [1.807, 2.05) is 12.1 Å². The van der Waals surface area contributed by atoms with Gasteiger partial charge in [0, 0.05) is 18.9 Å². The summed E-state index contributed by atoms with van der Waals surface area (Å²) in [6.45, 7) is 0.667. The average molecular weight is 285 g/mol. The summed E-state index contributed by atoms with van der Waals surface area (Å²) in [5.41, 5.74) is 1.22. The first-order valence-electron chi connectivity index (χ1n) is 6.98. The summed E-state index contributed by atoms with van der Waals surface area (Å²) in [5.74, 6) is -0.428. The zero-order chi connectivity index (χ0) is 14.7. The molecule has 2 aromatic rings. The number of hydrogen-bond acceptors (Lipinski definition) is 2. The van der Waals surface area contributed by atoms with Crippen LogP contribution in [0.3, 0.4) is 0 Å². The van der Waals surface area contributed by atoms with E-state index in [0.29, 0.717) is 6.54 Å². The highest BCUT2D eigenvalue weighted by Crippen LogP contribution is 2.32. The molecule has 2 amide bonds. The van der Waals surface area contributed by atoms with Crippen LogP contribution in [0.5, 0.6) is 0 Å². The summed E-state index contributed by atoms with van der Waals surface area (Å²) in [6.07, 6.45) is 5.32. The van der Waals surface area contributed by atoms with Crippen molar-refractivity contribution in [3.05, 3.63) is 60.2 Å². The molecule has 1 fully saturated rings. The van der Waals surface area contributed by atoms with Crippen LogP contribution in [0, 0.1) is 5.82 Å². The summed E-state index contributed by atoms with van der Waals surface area (Å²) in [4.78, 5) is 18.2.